The zero-order valence-electron chi connectivity index (χ0n) is 9.86. The fraction of sp³-hybridized carbons (Fsp3) is 0.909. The summed E-state index contributed by atoms with van der Waals surface area (Å²) >= 11 is 0. The van der Waals surface area contributed by atoms with Crippen LogP contribution in [0.15, 0.2) is 0 Å². The number of hydrogen-bond acceptors (Lipinski definition) is 4. The minimum Gasteiger partial charge on any atom is -0.466 e. The van der Waals surface area contributed by atoms with Gasteiger partial charge in [-0.05, 0) is 12.8 Å². The van der Waals surface area contributed by atoms with Gasteiger partial charge in [0.05, 0.1) is 19.3 Å². The van der Waals surface area contributed by atoms with E-state index >= 15 is 0 Å². The molecule has 0 amide bonds. The number of ether oxygens (including phenoxy) is 2. The molecule has 0 bridgehead atoms. The largest absolute Gasteiger partial charge is 0.466 e. The van der Waals surface area contributed by atoms with Crippen LogP contribution < -0.4 is 0 Å². The molecule has 90 valence electrons. The Bertz CT molecular complexity index is 170. The molecule has 0 heterocycles. The van der Waals surface area contributed by atoms with Gasteiger partial charge in [-0.3, -0.25) is 4.79 Å². The molecule has 4 nitrogen and oxygen atoms in total. The molecule has 0 aromatic heterocycles. The summed E-state index contributed by atoms with van der Waals surface area (Å²) in [5.41, 5.74) is 0. The van der Waals surface area contributed by atoms with Gasteiger partial charge in [0, 0.05) is 19.4 Å². The number of rotatable bonds is 8. The number of aliphatic hydroxyl groups excluding tert-OH is 1. The summed E-state index contributed by atoms with van der Waals surface area (Å²) in [4.78, 5) is 11.1. The van der Waals surface area contributed by atoms with E-state index in [0.29, 0.717) is 19.6 Å². The van der Waals surface area contributed by atoms with Gasteiger partial charge in [0.2, 0.25) is 0 Å². The van der Waals surface area contributed by atoms with E-state index in [1.807, 2.05) is 13.8 Å². The third-order valence-electron chi connectivity index (χ3n) is 2.20. The summed E-state index contributed by atoms with van der Waals surface area (Å²) in [7, 11) is 1.60. The molecular formula is C11H22O4. The molecule has 15 heavy (non-hydrogen) atoms. The van der Waals surface area contributed by atoms with E-state index in [-0.39, 0.29) is 18.3 Å². The van der Waals surface area contributed by atoms with Gasteiger partial charge in [-0.1, -0.05) is 13.8 Å². The van der Waals surface area contributed by atoms with Crippen molar-refractivity contribution >= 4 is 5.97 Å². The molecule has 0 spiro atoms. The fourth-order valence-corrected chi connectivity index (χ4v) is 1.21. The molecule has 2 atom stereocenters. The second-order valence-corrected chi connectivity index (χ2v) is 3.76. The second kappa shape index (κ2) is 8.68. The first kappa shape index (κ1) is 14.4. The molecule has 2 unspecified atom stereocenters. The Balaban J connectivity index is 3.60. The van der Waals surface area contributed by atoms with Crippen LogP contribution in [-0.2, 0) is 14.3 Å². The Hall–Kier alpha value is -0.610. The van der Waals surface area contributed by atoms with Gasteiger partial charge >= 0.3 is 5.97 Å². The molecule has 0 aromatic rings. The summed E-state index contributed by atoms with van der Waals surface area (Å²) < 4.78 is 9.82. The monoisotopic (exact) mass is 218 g/mol. The average Bonchev–Trinajstić information content (AvgIpc) is 2.23. The first-order valence-electron chi connectivity index (χ1n) is 5.44. The predicted molar refractivity (Wildman–Crippen MR) is 57.5 cm³/mol. The lowest BCUT2D eigenvalue weighted by molar-refractivity contribution is -0.144. The van der Waals surface area contributed by atoms with E-state index in [9.17, 15) is 9.90 Å². The summed E-state index contributed by atoms with van der Waals surface area (Å²) in [6, 6.07) is 0. The standard InChI is InChI=1S/C11H22O4/c1-4-7-15-11(13)6-5-10(12)9(2)8-14-3/h9-10,12H,4-8H2,1-3H3. The van der Waals surface area contributed by atoms with Crippen molar-refractivity contribution in [2.45, 2.75) is 39.2 Å². The molecule has 0 radical (unpaired) electrons. The van der Waals surface area contributed by atoms with Crippen molar-refractivity contribution in [3.8, 4) is 0 Å². The van der Waals surface area contributed by atoms with Crippen molar-refractivity contribution in [1.82, 2.24) is 0 Å². The van der Waals surface area contributed by atoms with Gasteiger partial charge in [0.15, 0.2) is 0 Å². The van der Waals surface area contributed by atoms with Crippen molar-refractivity contribution in [1.29, 1.82) is 0 Å². The molecule has 0 rings (SSSR count). The van der Waals surface area contributed by atoms with Gasteiger partial charge in [-0.2, -0.15) is 0 Å². The smallest absolute Gasteiger partial charge is 0.305 e. The quantitative estimate of drug-likeness (QED) is 0.625. The van der Waals surface area contributed by atoms with E-state index in [1.54, 1.807) is 7.11 Å². The molecule has 0 aromatic carbocycles. The zero-order chi connectivity index (χ0) is 11.7. The highest BCUT2D eigenvalue weighted by Crippen LogP contribution is 2.10. The molecule has 0 saturated heterocycles. The van der Waals surface area contributed by atoms with Crippen molar-refractivity contribution < 1.29 is 19.4 Å². The maximum atomic E-state index is 11.1. The van der Waals surface area contributed by atoms with Crippen molar-refractivity contribution in [2.75, 3.05) is 20.3 Å². The highest BCUT2D eigenvalue weighted by atomic mass is 16.5. The van der Waals surface area contributed by atoms with Crippen LogP contribution in [0.2, 0.25) is 0 Å². The lowest BCUT2D eigenvalue weighted by atomic mass is 10.0. The number of hydrogen-bond donors (Lipinski definition) is 1. The van der Waals surface area contributed by atoms with Crippen LogP contribution in [0, 0.1) is 5.92 Å². The van der Waals surface area contributed by atoms with Gasteiger partial charge in [-0.25, -0.2) is 0 Å². The zero-order valence-corrected chi connectivity index (χ0v) is 9.86. The number of carbonyl (C=O) groups excluding carboxylic acids is 1. The Kier molecular flexibility index (Phi) is 8.33. The lowest BCUT2D eigenvalue weighted by Crippen LogP contribution is -2.23. The second-order valence-electron chi connectivity index (χ2n) is 3.76. The Morgan fingerprint density at radius 2 is 2.13 bits per heavy atom. The minimum atomic E-state index is -0.501. The Morgan fingerprint density at radius 1 is 1.47 bits per heavy atom. The Morgan fingerprint density at radius 3 is 2.67 bits per heavy atom. The van der Waals surface area contributed by atoms with Crippen LogP contribution in [0.5, 0.6) is 0 Å². The third-order valence-corrected chi connectivity index (χ3v) is 2.20. The van der Waals surface area contributed by atoms with Crippen LogP contribution >= 0.6 is 0 Å². The van der Waals surface area contributed by atoms with E-state index < -0.39 is 6.10 Å². The van der Waals surface area contributed by atoms with Crippen LogP contribution in [0.3, 0.4) is 0 Å². The lowest BCUT2D eigenvalue weighted by Gasteiger charge is -2.17. The van der Waals surface area contributed by atoms with Gasteiger partial charge in [-0.15, -0.1) is 0 Å². The Labute approximate surface area is 91.6 Å². The van der Waals surface area contributed by atoms with Gasteiger partial charge < -0.3 is 14.6 Å². The summed E-state index contributed by atoms with van der Waals surface area (Å²) in [5, 5.41) is 9.64. The molecule has 0 saturated carbocycles. The van der Waals surface area contributed by atoms with Crippen molar-refractivity contribution in [3.05, 3.63) is 0 Å². The van der Waals surface area contributed by atoms with Crippen LogP contribution in [-0.4, -0.2) is 37.5 Å². The molecule has 0 aliphatic heterocycles. The number of aliphatic hydroxyl groups is 1. The first-order chi connectivity index (χ1) is 7.11. The highest BCUT2D eigenvalue weighted by molar-refractivity contribution is 5.69. The SMILES string of the molecule is CCCOC(=O)CCC(O)C(C)COC. The molecule has 0 aliphatic rings. The van der Waals surface area contributed by atoms with E-state index in [4.69, 9.17) is 9.47 Å². The maximum Gasteiger partial charge on any atom is 0.305 e. The molecule has 4 heteroatoms. The molecular weight excluding hydrogens is 196 g/mol. The van der Waals surface area contributed by atoms with Gasteiger partial charge in [0.1, 0.15) is 0 Å². The van der Waals surface area contributed by atoms with E-state index in [0.717, 1.165) is 6.42 Å². The summed E-state index contributed by atoms with van der Waals surface area (Å²) in [6.45, 7) is 4.81. The number of methoxy groups -OCH3 is 1. The maximum absolute atomic E-state index is 11.1. The fourth-order valence-electron chi connectivity index (χ4n) is 1.21. The summed E-state index contributed by atoms with van der Waals surface area (Å²) in [5.74, 6) is -0.186. The number of esters is 1. The molecule has 0 aliphatic carbocycles. The van der Waals surface area contributed by atoms with Crippen molar-refractivity contribution in [2.24, 2.45) is 5.92 Å². The van der Waals surface area contributed by atoms with Crippen LogP contribution in [0.25, 0.3) is 0 Å². The first-order valence-corrected chi connectivity index (χ1v) is 5.44. The van der Waals surface area contributed by atoms with Crippen molar-refractivity contribution in [3.63, 3.8) is 0 Å². The third kappa shape index (κ3) is 7.33. The van der Waals surface area contributed by atoms with Crippen LogP contribution in [0.1, 0.15) is 33.1 Å². The topological polar surface area (TPSA) is 55.8 Å². The van der Waals surface area contributed by atoms with Crippen LogP contribution in [0.4, 0.5) is 0 Å². The highest BCUT2D eigenvalue weighted by Gasteiger charge is 2.15. The van der Waals surface area contributed by atoms with Gasteiger partial charge in [0.25, 0.3) is 0 Å². The minimum absolute atomic E-state index is 0.0500. The van der Waals surface area contributed by atoms with E-state index in [1.165, 1.54) is 0 Å². The molecule has 0 fully saturated rings. The predicted octanol–water partition coefficient (Wildman–Crippen LogP) is 1.36. The van der Waals surface area contributed by atoms with E-state index in [2.05, 4.69) is 0 Å². The average molecular weight is 218 g/mol. The normalized spacial score (nSPS) is 14.7. The molecule has 1 N–H and O–H groups in total. The number of carbonyl (C=O) groups is 1. The summed E-state index contributed by atoms with van der Waals surface area (Å²) in [6.07, 6.45) is 1.04.